The number of anilines is 1. The molecule has 1 aromatic heterocycles. The number of ketones is 1. The van der Waals surface area contributed by atoms with Crippen LogP contribution in [-0.4, -0.2) is 20.5 Å². The summed E-state index contributed by atoms with van der Waals surface area (Å²) in [7, 11) is 0. The van der Waals surface area contributed by atoms with E-state index in [1.54, 1.807) is 28.9 Å². The van der Waals surface area contributed by atoms with Crippen molar-refractivity contribution in [3.8, 4) is 11.4 Å². The van der Waals surface area contributed by atoms with E-state index >= 15 is 0 Å². The molecule has 1 aliphatic heterocycles. The van der Waals surface area contributed by atoms with E-state index < -0.39 is 6.04 Å². The van der Waals surface area contributed by atoms with Gasteiger partial charge in [-0.1, -0.05) is 49.2 Å². The number of benzene rings is 2. The van der Waals surface area contributed by atoms with Gasteiger partial charge in [-0.15, -0.1) is 5.10 Å². The summed E-state index contributed by atoms with van der Waals surface area (Å²) in [6, 6.07) is 10.8. The molecule has 5 rings (SSSR count). The molecule has 2 heterocycles. The van der Waals surface area contributed by atoms with Crippen LogP contribution in [0.1, 0.15) is 38.3 Å². The minimum Gasteiger partial charge on any atom is -0.328 e. The first kappa shape index (κ1) is 20.2. The Labute approximate surface area is 188 Å². The number of fused-ring (bicyclic) bond motifs is 1. The normalized spacial score (nSPS) is 19.6. The predicted octanol–water partition coefficient (Wildman–Crippen LogP) is 6.05. The van der Waals surface area contributed by atoms with Gasteiger partial charge in [-0.2, -0.15) is 4.98 Å². The van der Waals surface area contributed by atoms with Gasteiger partial charge in [-0.05, 0) is 42.2 Å². The van der Waals surface area contributed by atoms with Gasteiger partial charge in [-0.3, -0.25) is 4.79 Å². The Hall–Kier alpha value is -2.70. The van der Waals surface area contributed by atoms with Crippen LogP contribution in [0.25, 0.3) is 11.4 Å². The summed E-state index contributed by atoms with van der Waals surface area (Å²) in [4.78, 5) is 17.9. The zero-order chi connectivity index (χ0) is 21.9. The second-order valence-corrected chi connectivity index (χ2v) is 9.50. The van der Waals surface area contributed by atoms with Crippen molar-refractivity contribution in [2.75, 3.05) is 5.32 Å². The first-order valence-electron chi connectivity index (χ1n) is 9.93. The number of hydrogen-bond donors (Lipinski definition) is 1. The van der Waals surface area contributed by atoms with Gasteiger partial charge in [-0.25, -0.2) is 9.07 Å². The zero-order valence-electron chi connectivity index (χ0n) is 16.9. The number of nitrogens with zero attached hydrogens (tertiary/aromatic N) is 3. The lowest BCUT2D eigenvalue weighted by atomic mass is 9.73. The van der Waals surface area contributed by atoms with Gasteiger partial charge in [0.05, 0.1) is 10.0 Å². The van der Waals surface area contributed by atoms with Crippen molar-refractivity contribution in [1.82, 2.24) is 14.8 Å². The summed E-state index contributed by atoms with van der Waals surface area (Å²) in [5.74, 6) is 0.644. The summed E-state index contributed by atoms with van der Waals surface area (Å²) < 4.78 is 15.1. The lowest BCUT2D eigenvalue weighted by Gasteiger charge is -2.38. The van der Waals surface area contributed by atoms with Crippen molar-refractivity contribution in [3.63, 3.8) is 0 Å². The average molecular weight is 457 g/mol. The summed E-state index contributed by atoms with van der Waals surface area (Å²) in [5, 5.41) is 8.78. The lowest BCUT2D eigenvalue weighted by Crippen LogP contribution is -2.36. The molecule has 1 unspecified atom stereocenters. The van der Waals surface area contributed by atoms with Crippen LogP contribution in [-0.2, 0) is 4.79 Å². The first-order chi connectivity index (χ1) is 14.7. The summed E-state index contributed by atoms with van der Waals surface area (Å²) in [5.41, 5.74) is 2.64. The van der Waals surface area contributed by atoms with Crippen LogP contribution in [0.4, 0.5) is 10.3 Å². The predicted molar refractivity (Wildman–Crippen MR) is 119 cm³/mol. The SMILES string of the molecule is CC1(C)CC(=O)C2=C(C1)Nc1nc(-c3ccc(F)cc3)nn1C2c1cccc(Cl)c1Cl. The fourth-order valence-electron chi connectivity index (χ4n) is 4.35. The molecule has 0 saturated carbocycles. The Morgan fingerprint density at radius 3 is 2.61 bits per heavy atom. The van der Waals surface area contributed by atoms with E-state index in [-0.39, 0.29) is 17.0 Å². The monoisotopic (exact) mass is 456 g/mol. The molecule has 31 heavy (non-hydrogen) atoms. The van der Waals surface area contributed by atoms with Crippen molar-refractivity contribution in [1.29, 1.82) is 0 Å². The van der Waals surface area contributed by atoms with E-state index in [2.05, 4.69) is 29.2 Å². The fraction of sp³-hybridized carbons (Fsp3) is 0.261. The molecule has 1 aliphatic carbocycles. The van der Waals surface area contributed by atoms with Gasteiger partial charge in [0.15, 0.2) is 11.6 Å². The molecule has 0 bridgehead atoms. The molecule has 5 nitrogen and oxygen atoms in total. The number of halogens is 3. The number of aromatic nitrogens is 3. The molecule has 2 aliphatic rings. The molecule has 0 saturated heterocycles. The second kappa shape index (κ2) is 7.18. The van der Waals surface area contributed by atoms with E-state index in [0.29, 0.717) is 51.4 Å². The molecular weight excluding hydrogens is 438 g/mol. The molecule has 0 spiro atoms. The fourth-order valence-corrected chi connectivity index (χ4v) is 4.76. The third-order valence-electron chi connectivity index (χ3n) is 5.71. The average Bonchev–Trinajstić information content (AvgIpc) is 3.12. The van der Waals surface area contributed by atoms with Crippen LogP contribution in [0.2, 0.25) is 10.0 Å². The molecule has 1 N–H and O–H groups in total. The van der Waals surface area contributed by atoms with Gasteiger partial charge in [0, 0.05) is 28.8 Å². The molecular formula is C23H19Cl2FN4O. The third-order valence-corrected chi connectivity index (χ3v) is 6.54. The number of nitrogens with one attached hydrogen (secondary N) is 1. The molecule has 2 aromatic carbocycles. The van der Waals surface area contributed by atoms with Gasteiger partial charge in [0.2, 0.25) is 5.95 Å². The Morgan fingerprint density at radius 1 is 1.13 bits per heavy atom. The molecule has 0 radical (unpaired) electrons. The maximum absolute atomic E-state index is 13.4. The minimum absolute atomic E-state index is 0.0456. The lowest BCUT2D eigenvalue weighted by molar-refractivity contribution is -0.118. The minimum atomic E-state index is -0.553. The maximum Gasteiger partial charge on any atom is 0.226 e. The molecule has 8 heteroatoms. The van der Waals surface area contributed by atoms with Crippen molar-refractivity contribution in [2.45, 2.75) is 32.7 Å². The first-order valence-corrected chi connectivity index (χ1v) is 10.7. The quantitative estimate of drug-likeness (QED) is 0.509. The van der Waals surface area contributed by atoms with E-state index in [9.17, 15) is 9.18 Å². The van der Waals surface area contributed by atoms with Crippen molar-refractivity contribution >= 4 is 34.9 Å². The smallest absolute Gasteiger partial charge is 0.226 e. The van der Waals surface area contributed by atoms with E-state index in [4.69, 9.17) is 23.2 Å². The number of carbonyl (C=O) groups excluding carboxylic acids is 1. The molecule has 1 atom stereocenters. The number of rotatable bonds is 2. The maximum atomic E-state index is 13.4. The standard InChI is InChI=1S/C23H19Cl2FN4O/c1-23(2)10-16-18(17(31)11-23)20(14-4-3-5-15(24)19(14)25)30-22(27-16)28-21(29-30)12-6-8-13(26)9-7-12/h3-9,20H,10-11H2,1-2H3,(H,27,28,29). The third kappa shape index (κ3) is 3.44. The summed E-state index contributed by atoms with van der Waals surface area (Å²) in [6.45, 7) is 4.14. The zero-order valence-corrected chi connectivity index (χ0v) is 18.4. The molecule has 0 fully saturated rings. The van der Waals surface area contributed by atoms with Gasteiger partial charge in [0.1, 0.15) is 11.9 Å². The van der Waals surface area contributed by atoms with E-state index in [1.807, 2.05) is 6.07 Å². The Kier molecular flexibility index (Phi) is 4.68. The van der Waals surface area contributed by atoms with Crippen LogP contribution in [0, 0.1) is 11.2 Å². The van der Waals surface area contributed by atoms with Crippen LogP contribution in [0.3, 0.4) is 0 Å². The highest BCUT2D eigenvalue weighted by Gasteiger charge is 2.42. The Bertz CT molecular complexity index is 1250. The van der Waals surface area contributed by atoms with Crippen LogP contribution < -0.4 is 5.32 Å². The number of allylic oxidation sites excluding steroid dienone is 2. The molecule has 3 aromatic rings. The van der Waals surface area contributed by atoms with E-state index in [0.717, 1.165) is 5.70 Å². The van der Waals surface area contributed by atoms with Crippen molar-refractivity contribution in [3.05, 3.63) is 75.2 Å². The van der Waals surface area contributed by atoms with E-state index in [1.165, 1.54) is 12.1 Å². The highest BCUT2D eigenvalue weighted by molar-refractivity contribution is 6.42. The summed E-state index contributed by atoms with van der Waals surface area (Å²) in [6.07, 6.45) is 1.12. The topological polar surface area (TPSA) is 59.8 Å². The highest BCUT2D eigenvalue weighted by Crippen LogP contribution is 2.47. The van der Waals surface area contributed by atoms with Crippen molar-refractivity contribution in [2.24, 2.45) is 5.41 Å². The highest BCUT2D eigenvalue weighted by atomic mass is 35.5. The second-order valence-electron chi connectivity index (χ2n) is 8.71. The summed E-state index contributed by atoms with van der Waals surface area (Å²) >= 11 is 12.9. The van der Waals surface area contributed by atoms with Crippen LogP contribution in [0.5, 0.6) is 0 Å². The molecule has 158 valence electrons. The van der Waals surface area contributed by atoms with Crippen molar-refractivity contribution < 1.29 is 9.18 Å². The van der Waals surface area contributed by atoms with Gasteiger partial charge >= 0.3 is 0 Å². The number of carbonyl (C=O) groups is 1. The van der Waals surface area contributed by atoms with Gasteiger partial charge in [0.25, 0.3) is 0 Å². The number of hydrogen-bond acceptors (Lipinski definition) is 4. The van der Waals surface area contributed by atoms with Crippen LogP contribution in [0.15, 0.2) is 53.7 Å². The number of Topliss-reactive ketones (excluding diaryl/α,β-unsaturated/α-hetero) is 1. The Morgan fingerprint density at radius 2 is 1.87 bits per heavy atom. The van der Waals surface area contributed by atoms with Crippen LogP contribution >= 0.6 is 23.2 Å². The van der Waals surface area contributed by atoms with Gasteiger partial charge < -0.3 is 5.32 Å². The molecule has 0 amide bonds. The Balaban J connectivity index is 1.71. The largest absolute Gasteiger partial charge is 0.328 e.